The third kappa shape index (κ3) is 9.06. The first-order chi connectivity index (χ1) is 15.8. The Hall–Kier alpha value is -3.67. The molecule has 0 aliphatic carbocycles. The molecule has 0 aromatic heterocycles. The first-order valence-electron chi connectivity index (χ1n) is 10.8. The van der Waals surface area contributed by atoms with Crippen LogP contribution in [0.25, 0.3) is 0 Å². The normalized spacial score (nSPS) is 15.2. The summed E-state index contributed by atoms with van der Waals surface area (Å²) in [6.07, 6.45) is 0.0835. The van der Waals surface area contributed by atoms with Gasteiger partial charge in [0, 0.05) is 6.42 Å². The van der Waals surface area contributed by atoms with Crippen molar-refractivity contribution in [2.45, 2.75) is 64.2 Å². The second-order valence-electron chi connectivity index (χ2n) is 8.15. The third-order valence-corrected chi connectivity index (χ3v) is 5.29. The zero-order chi connectivity index (χ0) is 26.0. The van der Waals surface area contributed by atoms with E-state index in [9.17, 15) is 34.2 Å². The molecule has 4 amide bonds. The molecule has 0 heterocycles. The van der Waals surface area contributed by atoms with Crippen LogP contribution < -0.4 is 27.4 Å². The summed E-state index contributed by atoms with van der Waals surface area (Å²) < 4.78 is 0. The maximum Gasteiger partial charge on any atom is 0.326 e. The van der Waals surface area contributed by atoms with Crippen molar-refractivity contribution in [2.75, 3.05) is 0 Å². The Morgan fingerprint density at radius 1 is 0.941 bits per heavy atom. The number of rotatable bonds is 13. The minimum Gasteiger partial charge on any atom is -0.508 e. The topological polar surface area (TPSA) is 214 Å². The molecule has 0 bridgehead atoms. The van der Waals surface area contributed by atoms with Gasteiger partial charge in [0.25, 0.3) is 0 Å². The Kier molecular flexibility index (Phi) is 11.0. The summed E-state index contributed by atoms with van der Waals surface area (Å²) in [6, 6.07) is 1.21. The number of benzene rings is 1. The molecule has 0 aliphatic heterocycles. The SMILES string of the molecule is CCC(C)C(NC(=O)C(N)CC(N)=O)C(=O)NC(C)C(=O)NC(Cc1ccc(O)cc1)C(=O)O. The third-order valence-electron chi connectivity index (χ3n) is 5.29. The van der Waals surface area contributed by atoms with Crippen molar-refractivity contribution in [1.82, 2.24) is 16.0 Å². The molecule has 9 N–H and O–H groups in total. The van der Waals surface area contributed by atoms with E-state index in [4.69, 9.17) is 11.5 Å². The predicted molar refractivity (Wildman–Crippen MR) is 122 cm³/mol. The number of primary amides is 1. The summed E-state index contributed by atoms with van der Waals surface area (Å²) >= 11 is 0. The number of carbonyl (C=O) groups is 5. The van der Waals surface area contributed by atoms with Gasteiger partial charge in [0.1, 0.15) is 23.9 Å². The van der Waals surface area contributed by atoms with Gasteiger partial charge in [-0.05, 0) is 30.5 Å². The number of aromatic hydroxyl groups is 1. The molecule has 5 unspecified atom stereocenters. The number of hydrogen-bond acceptors (Lipinski definition) is 7. The van der Waals surface area contributed by atoms with Gasteiger partial charge in [-0.2, -0.15) is 0 Å². The lowest BCUT2D eigenvalue weighted by molar-refractivity contribution is -0.142. The van der Waals surface area contributed by atoms with Crippen molar-refractivity contribution >= 4 is 29.6 Å². The first-order valence-corrected chi connectivity index (χ1v) is 10.8. The fourth-order valence-corrected chi connectivity index (χ4v) is 3.00. The fourth-order valence-electron chi connectivity index (χ4n) is 3.00. The summed E-state index contributed by atoms with van der Waals surface area (Å²) in [5, 5.41) is 26.1. The van der Waals surface area contributed by atoms with Crippen LogP contribution in [0, 0.1) is 5.92 Å². The first kappa shape index (κ1) is 28.4. The molecule has 1 aromatic rings. The van der Waals surface area contributed by atoms with E-state index in [2.05, 4.69) is 16.0 Å². The van der Waals surface area contributed by atoms with E-state index in [0.29, 0.717) is 12.0 Å². The average Bonchev–Trinajstić information content (AvgIpc) is 2.76. The second kappa shape index (κ2) is 13.1. The van der Waals surface area contributed by atoms with Crippen LogP contribution in [0.5, 0.6) is 5.75 Å². The zero-order valence-electron chi connectivity index (χ0n) is 19.4. The van der Waals surface area contributed by atoms with Crippen LogP contribution >= 0.6 is 0 Å². The van der Waals surface area contributed by atoms with Gasteiger partial charge in [0.05, 0.1) is 12.5 Å². The molecule has 34 heavy (non-hydrogen) atoms. The van der Waals surface area contributed by atoms with Gasteiger partial charge in [0.2, 0.25) is 23.6 Å². The molecule has 188 valence electrons. The van der Waals surface area contributed by atoms with E-state index in [1.807, 2.05) is 0 Å². The fraction of sp³-hybridized carbons (Fsp3) is 0.500. The molecule has 12 heteroatoms. The molecule has 0 fully saturated rings. The molecular formula is C22H33N5O7. The van der Waals surface area contributed by atoms with E-state index in [1.165, 1.54) is 31.2 Å². The van der Waals surface area contributed by atoms with E-state index >= 15 is 0 Å². The van der Waals surface area contributed by atoms with Gasteiger partial charge in [0.15, 0.2) is 0 Å². The lowest BCUT2D eigenvalue weighted by Gasteiger charge is -2.26. The molecular weight excluding hydrogens is 446 g/mol. The Balaban J connectivity index is 2.82. The Morgan fingerprint density at radius 3 is 2.03 bits per heavy atom. The monoisotopic (exact) mass is 479 g/mol. The van der Waals surface area contributed by atoms with Crippen molar-refractivity contribution in [2.24, 2.45) is 17.4 Å². The van der Waals surface area contributed by atoms with E-state index < -0.39 is 60.2 Å². The van der Waals surface area contributed by atoms with Crippen molar-refractivity contribution in [3.63, 3.8) is 0 Å². The van der Waals surface area contributed by atoms with Gasteiger partial charge in [-0.1, -0.05) is 32.4 Å². The highest BCUT2D eigenvalue weighted by Gasteiger charge is 2.31. The van der Waals surface area contributed by atoms with Crippen LogP contribution in [0.3, 0.4) is 0 Å². The highest BCUT2D eigenvalue weighted by molar-refractivity contribution is 5.95. The molecule has 0 saturated heterocycles. The lowest BCUT2D eigenvalue weighted by atomic mass is 9.97. The van der Waals surface area contributed by atoms with Crippen molar-refractivity contribution in [3.8, 4) is 5.75 Å². The summed E-state index contributed by atoms with van der Waals surface area (Å²) in [7, 11) is 0. The number of carbonyl (C=O) groups excluding carboxylic acids is 4. The van der Waals surface area contributed by atoms with Crippen LogP contribution in [-0.4, -0.2) is 64.0 Å². The number of aliphatic carboxylic acids is 1. The highest BCUT2D eigenvalue weighted by Crippen LogP contribution is 2.12. The van der Waals surface area contributed by atoms with E-state index in [0.717, 1.165) is 0 Å². The maximum atomic E-state index is 12.8. The number of amides is 4. The predicted octanol–water partition coefficient (Wildman–Crippen LogP) is -1.26. The quantitative estimate of drug-likeness (QED) is 0.181. The van der Waals surface area contributed by atoms with E-state index in [-0.39, 0.29) is 18.1 Å². The van der Waals surface area contributed by atoms with Gasteiger partial charge in [-0.15, -0.1) is 0 Å². The van der Waals surface area contributed by atoms with Crippen LogP contribution in [-0.2, 0) is 30.4 Å². The second-order valence-corrected chi connectivity index (χ2v) is 8.15. The van der Waals surface area contributed by atoms with Gasteiger partial charge < -0.3 is 37.6 Å². The Morgan fingerprint density at radius 2 is 1.53 bits per heavy atom. The minimum absolute atomic E-state index is 0.0227. The molecule has 1 rings (SSSR count). The minimum atomic E-state index is -1.27. The van der Waals surface area contributed by atoms with Gasteiger partial charge in [-0.3, -0.25) is 19.2 Å². The molecule has 0 spiro atoms. The van der Waals surface area contributed by atoms with Crippen molar-refractivity contribution < 1.29 is 34.2 Å². The number of carboxylic acids is 1. The molecule has 1 aromatic carbocycles. The molecule has 0 saturated carbocycles. The van der Waals surface area contributed by atoms with Crippen LogP contribution in [0.4, 0.5) is 0 Å². The lowest BCUT2D eigenvalue weighted by Crippen LogP contribution is -2.58. The maximum absolute atomic E-state index is 12.8. The van der Waals surface area contributed by atoms with Gasteiger partial charge >= 0.3 is 5.97 Å². The van der Waals surface area contributed by atoms with Gasteiger partial charge in [-0.25, -0.2) is 4.79 Å². The van der Waals surface area contributed by atoms with Crippen LogP contribution in [0.1, 0.15) is 39.2 Å². The van der Waals surface area contributed by atoms with Crippen LogP contribution in [0.15, 0.2) is 24.3 Å². The molecule has 0 aliphatic rings. The summed E-state index contributed by atoms with van der Waals surface area (Å²) in [5.74, 6) is -4.49. The highest BCUT2D eigenvalue weighted by atomic mass is 16.4. The van der Waals surface area contributed by atoms with Crippen molar-refractivity contribution in [3.05, 3.63) is 29.8 Å². The number of hydrogen-bond donors (Lipinski definition) is 7. The number of phenolic OH excluding ortho intramolecular Hbond substituents is 1. The van der Waals surface area contributed by atoms with Crippen molar-refractivity contribution in [1.29, 1.82) is 0 Å². The molecule has 12 nitrogen and oxygen atoms in total. The largest absolute Gasteiger partial charge is 0.508 e. The van der Waals surface area contributed by atoms with Crippen LogP contribution in [0.2, 0.25) is 0 Å². The number of nitrogens with two attached hydrogens (primary N) is 2. The molecule has 0 radical (unpaired) electrons. The molecule has 5 atom stereocenters. The zero-order valence-corrected chi connectivity index (χ0v) is 19.4. The summed E-state index contributed by atoms with van der Waals surface area (Å²) in [6.45, 7) is 4.89. The summed E-state index contributed by atoms with van der Waals surface area (Å²) in [5.41, 5.74) is 11.3. The average molecular weight is 480 g/mol. The number of nitrogens with one attached hydrogen (secondary N) is 3. The Bertz CT molecular complexity index is 890. The smallest absolute Gasteiger partial charge is 0.326 e. The Labute approximate surface area is 197 Å². The standard InChI is InChI=1S/C22H33N5O7/c1-4-11(2)18(27-20(31)15(23)10-17(24)29)21(32)25-12(3)19(30)26-16(22(33)34)9-13-5-7-14(28)8-6-13/h5-8,11-12,15-16,18,28H,4,9-10,23H2,1-3H3,(H2,24,29)(H,25,32)(H,26,30)(H,27,31)(H,33,34). The number of phenols is 1. The van der Waals surface area contributed by atoms with E-state index in [1.54, 1.807) is 13.8 Å². The summed E-state index contributed by atoms with van der Waals surface area (Å²) in [4.78, 5) is 60.2. The number of carboxylic acid groups (broad SMARTS) is 1.